The number of benzene rings is 2. The van der Waals surface area contributed by atoms with Gasteiger partial charge in [0.05, 0.1) is 18.5 Å². The Morgan fingerprint density at radius 3 is 2.37 bits per heavy atom. The van der Waals surface area contributed by atoms with E-state index in [0.29, 0.717) is 43.0 Å². The third kappa shape index (κ3) is 7.20. The molecule has 1 aliphatic heterocycles. The number of nitrogens with zero attached hydrogens (tertiary/aromatic N) is 4. The quantitative estimate of drug-likeness (QED) is 0.247. The normalized spacial score (nSPS) is 14.6. The zero-order valence-corrected chi connectivity index (χ0v) is 23.9. The Bertz CT molecular complexity index is 1630. The van der Waals surface area contributed by atoms with Gasteiger partial charge in [0.2, 0.25) is 11.4 Å². The Hall–Kier alpha value is -4.29. The minimum absolute atomic E-state index is 0.107. The Morgan fingerprint density at radius 2 is 1.74 bits per heavy atom. The first-order valence-corrected chi connectivity index (χ1v) is 14.2. The fourth-order valence-corrected chi connectivity index (χ4v) is 5.26. The second-order valence-corrected chi connectivity index (χ2v) is 10.5. The summed E-state index contributed by atoms with van der Waals surface area (Å²) in [5.41, 5.74) is 5.60. The zero-order valence-electron chi connectivity index (χ0n) is 23.9. The maximum absolute atomic E-state index is 13.3. The van der Waals surface area contributed by atoms with E-state index in [1.165, 1.54) is 17.3 Å². The van der Waals surface area contributed by atoms with Crippen LogP contribution >= 0.6 is 0 Å². The van der Waals surface area contributed by atoms with Crippen LogP contribution in [0.4, 0.5) is 24.8 Å². The second-order valence-electron chi connectivity index (χ2n) is 10.5. The first-order chi connectivity index (χ1) is 20.6. The van der Waals surface area contributed by atoms with Gasteiger partial charge in [-0.1, -0.05) is 31.2 Å². The lowest BCUT2D eigenvalue weighted by atomic mass is 9.89. The van der Waals surface area contributed by atoms with Gasteiger partial charge in [-0.05, 0) is 80.6 Å². The summed E-state index contributed by atoms with van der Waals surface area (Å²) in [6.45, 7) is 3.97. The molecular weight excluding hydrogens is 561 g/mol. The molecule has 226 valence electrons. The number of hydrogen-bond acceptors (Lipinski definition) is 7. The number of hydrogen-bond donors (Lipinski definition) is 2. The van der Waals surface area contributed by atoms with E-state index in [1.807, 2.05) is 48.5 Å². The molecule has 12 heteroatoms. The predicted octanol–water partition coefficient (Wildman–Crippen LogP) is 5.51. The van der Waals surface area contributed by atoms with E-state index in [2.05, 4.69) is 27.7 Å². The molecule has 0 aliphatic carbocycles. The van der Waals surface area contributed by atoms with Crippen molar-refractivity contribution in [1.29, 1.82) is 0 Å². The van der Waals surface area contributed by atoms with Crippen LogP contribution in [0.25, 0.3) is 16.7 Å². The maximum atomic E-state index is 13.3. The van der Waals surface area contributed by atoms with Crippen LogP contribution in [-0.4, -0.2) is 57.8 Å². The molecule has 0 atom stereocenters. The molecule has 1 saturated heterocycles. The van der Waals surface area contributed by atoms with E-state index >= 15 is 0 Å². The molecule has 0 bridgehead atoms. The van der Waals surface area contributed by atoms with Gasteiger partial charge < -0.3 is 9.88 Å². The minimum atomic E-state index is -4.18. The van der Waals surface area contributed by atoms with Gasteiger partial charge in [-0.25, -0.2) is 10.5 Å². The molecule has 4 aromatic rings. The lowest BCUT2D eigenvalue weighted by Gasteiger charge is -2.32. The van der Waals surface area contributed by atoms with Gasteiger partial charge in [0.25, 0.3) is 5.91 Å². The lowest BCUT2D eigenvalue weighted by molar-refractivity contribution is -0.147. The number of fused-ring (bicyclic) bond motifs is 1. The number of aryl methyl sites for hydroxylation is 1. The van der Waals surface area contributed by atoms with E-state index in [4.69, 9.17) is 4.84 Å². The van der Waals surface area contributed by atoms with Crippen LogP contribution in [0.2, 0.25) is 0 Å². The first-order valence-electron chi connectivity index (χ1n) is 14.2. The summed E-state index contributed by atoms with van der Waals surface area (Å²) in [6.07, 6.45) is 0.852. The number of carbonyl (C=O) groups excluding carboxylic acids is 1. The lowest BCUT2D eigenvalue weighted by Crippen LogP contribution is -2.39. The number of amides is 1. The number of halogens is 3. The third-order valence-electron chi connectivity index (χ3n) is 7.55. The first kappa shape index (κ1) is 30.2. The molecule has 2 aromatic heterocycles. The molecule has 0 spiro atoms. The van der Waals surface area contributed by atoms with Gasteiger partial charge in [-0.2, -0.15) is 18.2 Å². The number of carbonyl (C=O) groups is 1. The highest BCUT2D eigenvalue weighted by Crippen LogP contribution is 2.31. The van der Waals surface area contributed by atoms with Crippen LogP contribution in [0.1, 0.15) is 54.1 Å². The topological polar surface area (TPSA) is 101 Å². The Kier molecular flexibility index (Phi) is 9.07. The van der Waals surface area contributed by atoms with Crippen molar-refractivity contribution in [1.82, 2.24) is 24.9 Å². The van der Waals surface area contributed by atoms with Crippen LogP contribution in [-0.2, 0) is 11.3 Å². The third-order valence-corrected chi connectivity index (χ3v) is 7.55. The number of piperidine rings is 1. The maximum Gasteiger partial charge on any atom is 0.401 e. The number of likely N-dealkylation sites (tertiary alicyclic amines) is 1. The van der Waals surface area contributed by atoms with E-state index < -0.39 is 24.1 Å². The van der Waals surface area contributed by atoms with Gasteiger partial charge in [0.15, 0.2) is 5.65 Å². The SMILES string of the molecule is CCONC(=O)c1cn(-c2ccc(CC)cc2)c2nc(Nc3ccc(C4CCN(CC(F)(F)F)CC4)cc3)ncc2c1=O. The molecule has 43 heavy (non-hydrogen) atoms. The molecule has 2 aromatic carbocycles. The number of pyridine rings is 1. The van der Waals surface area contributed by atoms with Crippen molar-refractivity contribution in [3.05, 3.63) is 87.8 Å². The fraction of sp³-hybridized carbons (Fsp3) is 0.355. The molecule has 0 unspecified atom stereocenters. The van der Waals surface area contributed by atoms with Gasteiger partial charge in [-0.3, -0.25) is 19.3 Å². The molecule has 5 rings (SSSR count). The summed E-state index contributed by atoms with van der Waals surface area (Å²) in [4.78, 5) is 41.5. The van der Waals surface area contributed by atoms with Gasteiger partial charge in [0.1, 0.15) is 5.56 Å². The van der Waals surface area contributed by atoms with Crippen molar-refractivity contribution < 1.29 is 22.8 Å². The van der Waals surface area contributed by atoms with E-state index in [0.717, 1.165) is 17.5 Å². The molecule has 9 nitrogen and oxygen atoms in total. The standard InChI is InChI=1S/C31H33F3N6O3/c1-3-20-5-11-24(12-6-20)40-18-26(29(42)38-43-4-2)27(41)25-17-35-30(37-28(25)40)36-23-9-7-21(8-10-23)22-13-15-39(16-14-22)19-31(32,33)34/h5-12,17-18,22H,3-4,13-16,19H2,1-2H3,(H,38,42)(H,35,36,37). The summed E-state index contributed by atoms with van der Waals surface area (Å²) < 4.78 is 39.8. The van der Waals surface area contributed by atoms with Crippen molar-refractivity contribution in [2.45, 2.75) is 45.2 Å². The molecule has 1 amide bonds. The molecule has 2 N–H and O–H groups in total. The molecule has 1 aliphatic rings. The highest BCUT2D eigenvalue weighted by Gasteiger charge is 2.32. The van der Waals surface area contributed by atoms with Crippen LogP contribution in [0.3, 0.4) is 0 Å². The molecule has 0 radical (unpaired) electrons. The van der Waals surface area contributed by atoms with Crippen LogP contribution in [0, 0.1) is 0 Å². The zero-order chi connectivity index (χ0) is 30.6. The summed E-state index contributed by atoms with van der Waals surface area (Å²) in [5, 5.41) is 3.34. The highest BCUT2D eigenvalue weighted by molar-refractivity contribution is 5.96. The largest absolute Gasteiger partial charge is 0.401 e. The molecule has 3 heterocycles. The number of anilines is 2. The Balaban J connectivity index is 1.40. The highest BCUT2D eigenvalue weighted by atomic mass is 19.4. The summed E-state index contributed by atoms with van der Waals surface area (Å²) in [6, 6.07) is 15.4. The van der Waals surface area contributed by atoms with Crippen molar-refractivity contribution in [3.8, 4) is 5.69 Å². The molecule has 0 saturated carbocycles. The Morgan fingerprint density at radius 1 is 1.05 bits per heavy atom. The summed E-state index contributed by atoms with van der Waals surface area (Å²) in [5.74, 6) is -0.218. The number of rotatable bonds is 9. The van der Waals surface area contributed by atoms with Gasteiger partial charge in [0, 0.05) is 23.8 Å². The van der Waals surface area contributed by atoms with Crippen molar-refractivity contribution in [3.63, 3.8) is 0 Å². The molecular formula is C31H33F3N6O3. The van der Waals surface area contributed by atoms with Crippen LogP contribution in [0.5, 0.6) is 0 Å². The number of nitrogens with one attached hydrogen (secondary N) is 2. The van der Waals surface area contributed by atoms with Crippen molar-refractivity contribution in [2.75, 3.05) is 31.6 Å². The average molecular weight is 595 g/mol. The average Bonchev–Trinajstić information content (AvgIpc) is 3.00. The predicted molar refractivity (Wildman–Crippen MR) is 158 cm³/mol. The van der Waals surface area contributed by atoms with E-state index in [1.54, 1.807) is 11.5 Å². The summed E-state index contributed by atoms with van der Waals surface area (Å²) in [7, 11) is 0. The van der Waals surface area contributed by atoms with Gasteiger partial charge >= 0.3 is 6.18 Å². The van der Waals surface area contributed by atoms with Gasteiger partial charge in [-0.15, -0.1) is 0 Å². The fourth-order valence-electron chi connectivity index (χ4n) is 5.26. The van der Waals surface area contributed by atoms with E-state index in [9.17, 15) is 22.8 Å². The van der Waals surface area contributed by atoms with Crippen LogP contribution in [0.15, 0.2) is 65.7 Å². The van der Waals surface area contributed by atoms with E-state index in [-0.39, 0.29) is 29.4 Å². The molecule has 1 fully saturated rings. The summed E-state index contributed by atoms with van der Waals surface area (Å²) >= 11 is 0. The second kappa shape index (κ2) is 12.9. The monoisotopic (exact) mass is 594 g/mol. The number of alkyl halides is 3. The van der Waals surface area contributed by atoms with Crippen molar-refractivity contribution >= 4 is 28.6 Å². The Labute approximate surface area is 246 Å². The number of hydroxylamine groups is 1. The smallest absolute Gasteiger partial charge is 0.324 e. The van der Waals surface area contributed by atoms with Crippen LogP contribution < -0.4 is 16.2 Å². The minimum Gasteiger partial charge on any atom is -0.324 e. The number of aromatic nitrogens is 3. The van der Waals surface area contributed by atoms with Crippen molar-refractivity contribution in [2.24, 2.45) is 0 Å².